The zero-order valence-corrected chi connectivity index (χ0v) is 11.3. The Kier molecular flexibility index (Phi) is 3.90. The summed E-state index contributed by atoms with van der Waals surface area (Å²) in [5, 5.41) is 19.0. The van der Waals surface area contributed by atoms with Gasteiger partial charge in [-0.1, -0.05) is 6.92 Å². The Morgan fingerprint density at radius 3 is 2.33 bits per heavy atom. The number of carboxylic acids is 1. The lowest BCUT2D eigenvalue weighted by Crippen LogP contribution is -2.57. The molecule has 1 amide bonds. The highest BCUT2D eigenvalue weighted by atomic mass is 16.6. The molecule has 6 nitrogen and oxygen atoms in total. The molecule has 104 valence electrons. The van der Waals surface area contributed by atoms with Crippen LogP contribution in [0, 0.1) is 5.92 Å². The molecule has 0 aromatic heterocycles. The average Bonchev–Trinajstić information content (AvgIpc) is 2.19. The van der Waals surface area contributed by atoms with Crippen LogP contribution in [0.4, 0.5) is 4.79 Å². The first kappa shape index (κ1) is 14.8. The second-order valence-electron chi connectivity index (χ2n) is 5.81. The maximum atomic E-state index is 11.8. The number of carbonyl (C=O) groups is 2. The molecule has 1 fully saturated rings. The summed E-state index contributed by atoms with van der Waals surface area (Å²) in [7, 11) is 0. The number of likely N-dealkylation sites (tertiary alicyclic amines) is 1. The van der Waals surface area contributed by atoms with Crippen LogP contribution in [0.2, 0.25) is 0 Å². The van der Waals surface area contributed by atoms with Crippen molar-refractivity contribution in [2.75, 3.05) is 13.1 Å². The third-order valence-corrected chi connectivity index (χ3v) is 3.09. The summed E-state index contributed by atoms with van der Waals surface area (Å²) in [5.41, 5.74) is -2.33. The third-order valence-electron chi connectivity index (χ3n) is 3.09. The minimum Gasteiger partial charge on any atom is -0.479 e. The lowest BCUT2D eigenvalue weighted by molar-refractivity contribution is -0.170. The fourth-order valence-electron chi connectivity index (χ4n) is 1.93. The molecule has 0 aromatic rings. The Bertz CT molecular complexity index is 349. The van der Waals surface area contributed by atoms with Crippen molar-refractivity contribution in [3.8, 4) is 0 Å². The molecule has 1 saturated heterocycles. The second-order valence-corrected chi connectivity index (χ2v) is 5.81. The molecule has 0 spiro atoms. The van der Waals surface area contributed by atoms with Gasteiger partial charge in [-0.25, -0.2) is 9.59 Å². The molecular formula is C12H21NO5. The Labute approximate surface area is 107 Å². The van der Waals surface area contributed by atoms with Gasteiger partial charge >= 0.3 is 12.1 Å². The van der Waals surface area contributed by atoms with E-state index < -0.39 is 29.2 Å². The number of ether oxygens (including phenoxy) is 1. The van der Waals surface area contributed by atoms with Gasteiger partial charge in [-0.2, -0.15) is 0 Å². The van der Waals surface area contributed by atoms with E-state index in [1.807, 2.05) is 0 Å². The summed E-state index contributed by atoms with van der Waals surface area (Å²) in [6.07, 6.45) is -0.454. The standard InChI is InChI=1S/C12H21NO5/c1-8-7-13(10(16)18-11(2,3)4)6-5-12(8,17)9(14)15/h8,17H,5-7H2,1-4H3,(H,14,15)/t8-,12+/m1/s1. The number of carboxylic acid groups (broad SMARTS) is 1. The van der Waals surface area contributed by atoms with Gasteiger partial charge in [0.2, 0.25) is 0 Å². The molecule has 0 radical (unpaired) electrons. The summed E-state index contributed by atoms with van der Waals surface area (Å²) >= 11 is 0. The van der Waals surface area contributed by atoms with Gasteiger partial charge in [-0.3, -0.25) is 0 Å². The Morgan fingerprint density at radius 1 is 1.39 bits per heavy atom. The molecule has 2 N–H and O–H groups in total. The molecule has 0 aromatic carbocycles. The van der Waals surface area contributed by atoms with Crippen molar-refractivity contribution in [1.29, 1.82) is 0 Å². The molecule has 1 rings (SSSR count). The van der Waals surface area contributed by atoms with Crippen molar-refractivity contribution in [2.24, 2.45) is 5.92 Å². The molecule has 0 bridgehead atoms. The number of amides is 1. The van der Waals surface area contributed by atoms with Crippen LogP contribution in [-0.4, -0.2) is 51.5 Å². The summed E-state index contributed by atoms with van der Waals surface area (Å²) in [5.74, 6) is -1.77. The highest BCUT2D eigenvalue weighted by molar-refractivity contribution is 5.78. The van der Waals surface area contributed by atoms with Crippen molar-refractivity contribution in [2.45, 2.75) is 45.3 Å². The fourth-order valence-corrected chi connectivity index (χ4v) is 1.93. The van der Waals surface area contributed by atoms with E-state index in [0.29, 0.717) is 0 Å². The number of piperidine rings is 1. The van der Waals surface area contributed by atoms with Crippen molar-refractivity contribution in [1.82, 2.24) is 4.90 Å². The van der Waals surface area contributed by atoms with E-state index in [4.69, 9.17) is 9.84 Å². The summed E-state index contributed by atoms with van der Waals surface area (Å²) in [4.78, 5) is 24.3. The van der Waals surface area contributed by atoms with Gasteiger partial charge in [-0.15, -0.1) is 0 Å². The first-order valence-corrected chi connectivity index (χ1v) is 6.00. The number of aliphatic hydroxyl groups is 1. The second kappa shape index (κ2) is 4.76. The molecule has 0 aliphatic carbocycles. The van der Waals surface area contributed by atoms with Crippen LogP contribution < -0.4 is 0 Å². The normalized spacial score (nSPS) is 28.9. The topological polar surface area (TPSA) is 87.1 Å². The molecule has 1 aliphatic heterocycles. The van der Waals surface area contributed by atoms with Gasteiger partial charge in [0.25, 0.3) is 0 Å². The number of hydrogen-bond donors (Lipinski definition) is 2. The van der Waals surface area contributed by atoms with E-state index in [-0.39, 0.29) is 19.5 Å². The van der Waals surface area contributed by atoms with Crippen molar-refractivity contribution in [3.63, 3.8) is 0 Å². The third kappa shape index (κ3) is 3.13. The van der Waals surface area contributed by atoms with Gasteiger partial charge in [0.15, 0.2) is 5.60 Å². The number of rotatable bonds is 1. The number of nitrogens with zero attached hydrogens (tertiary/aromatic N) is 1. The monoisotopic (exact) mass is 259 g/mol. The maximum absolute atomic E-state index is 11.8. The summed E-state index contributed by atoms with van der Waals surface area (Å²) in [6, 6.07) is 0. The zero-order valence-electron chi connectivity index (χ0n) is 11.3. The van der Waals surface area contributed by atoms with Crippen molar-refractivity contribution in [3.05, 3.63) is 0 Å². The number of carbonyl (C=O) groups excluding carboxylic acids is 1. The van der Waals surface area contributed by atoms with Crippen molar-refractivity contribution < 1.29 is 24.5 Å². The SMILES string of the molecule is C[C@@H]1CN(C(=O)OC(C)(C)C)CC[C@@]1(O)C(=O)O. The molecule has 1 heterocycles. The van der Waals surface area contributed by atoms with E-state index in [9.17, 15) is 14.7 Å². The van der Waals surface area contributed by atoms with E-state index in [2.05, 4.69) is 0 Å². The first-order valence-electron chi connectivity index (χ1n) is 6.00. The van der Waals surface area contributed by atoms with Gasteiger partial charge in [0.05, 0.1) is 0 Å². The minimum atomic E-state index is -1.75. The molecule has 0 saturated carbocycles. The molecular weight excluding hydrogens is 238 g/mol. The minimum absolute atomic E-state index is 0.0166. The van der Waals surface area contributed by atoms with E-state index >= 15 is 0 Å². The lowest BCUT2D eigenvalue weighted by atomic mass is 9.82. The Morgan fingerprint density at radius 2 is 1.94 bits per heavy atom. The largest absolute Gasteiger partial charge is 0.479 e. The van der Waals surface area contributed by atoms with Gasteiger partial charge in [0.1, 0.15) is 5.60 Å². The van der Waals surface area contributed by atoms with Crippen LogP contribution in [0.5, 0.6) is 0 Å². The van der Waals surface area contributed by atoms with Gasteiger partial charge in [0, 0.05) is 25.4 Å². The van der Waals surface area contributed by atoms with Gasteiger partial charge in [-0.05, 0) is 20.8 Å². The van der Waals surface area contributed by atoms with Crippen LogP contribution in [0.3, 0.4) is 0 Å². The highest BCUT2D eigenvalue weighted by Gasteiger charge is 2.46. The van der Waals surface area contributed by atoms with Gasteiger partial charge < -0.3 is 19.8 Å². The molecule has 18 heavy (non-hydrogen) atoms. The number of aliphatic carboxylic acids is 1. The maximum Gasteiger partial charge on any atom is 0.410 e. The Balaban J connectivity index is 2.67. The lowest BCUT2D eigenvalue weighted by Gasteiger charge is -2.40. The zero-order chi connectivity index (χ0) is 14.1. The van der Waals surface area contributed by atoms with Crippen LogP contribution in [0.25, 0.3) is 0 Å². The molecule has 6 heteroatoms. The predicted octanol–water partition coefficient (Wildman–Crippen LogP) is 1.08. The van der Waals surface area contributed by atoms with Crippen molar-refractivity contribution >= 4 is 12.1 Å². The quantitative estimate of drug-likeness (QED) is 0.735. The molecule has 2 atom stereocenters. The summed E-state index contributed by atoms with van der Waals surface area (Å²) in [6.45, 7) is 7.29. The molecule has 1 aliphatic rings. The predicted molar refractivity (Wildman–Crippen MR) is 64.2 cm³/mol. The average molecular weight is 259 g/mol. The van der Waals surface area contributed by atoms with Crippen LogP contribution in [0.15, 0.2) is 0 Å². The van der Waals surface area contributed by atoms with E-state index in [0.717, 1.165) is 0 Å². The van der Waals surface area contributed by atoms with E-state index in [1.54, 1.807) is 27.7 Å². The highest BCUT2D eigenvalue weighted by Crippen LogP contribution is 2.28. The smallest absolute Gasteiger partial charge is 0.410 e. The summed E-state index contributed by atoms with van der Waals surface area (Å²) < 4.78 is 5.21. The van der Waals surface area contributed by atoms with Crippen LogP contribution in [-0.2, 0) is 9.53 Å². The molecule has 0 unspecified atom stereocenters. The fraction of sp³-hybridized carbons (Fsp3) is 0.833. The first-order chi connectivity index (χ1) is 8.06. The Hall–Kier alpha value is -1.30. The van der Waals surface area contributed by atoms with E-state index in [1.165, 1.54) is 4.90 Å². The van der Waals surface area contributed by atoms with Crippen LogP contribution in [0.1, 0.15) is 34.1 Å². The van der Waals surface area contributed by atoms with Crippen LogP contribution >= 0.6 is 0 Å². The number of hydrogen-bond acceptors (Lipinski definition) is 4.